The molecule has 5 heteroatoms. The first-order chi connectivity index (χ1) is 10.2. The molecule has 1 aromatic heterocycles. The maximum absolute atomic E-state index is 11.4. The third kappa shape index (κ3) is 2.78. The van der Waals surface area contributed by atoms with Gasteiger partial charge in [-0.15, -0.1) is 0 Å². The number of aromatic nitrogens is 2. The Morgan fingerprint density at radius 2 is 2.10 bits per heavy atom. The lowest BCUT2D eigenvalue weighted by Gasteiger charge is -2.25. The summed E-state index contributed by atoms with van der Waals surface area (Å²) in [6.45, 7) is 1.76. The largest absolute Gasteiger partial charge is 0.334 e. The molecule has 3 rings (SSSR count). The van der Waals surface area contributed by atoms with Gasteiger partial charge in [-0.2, -0.15) is 4.73 Å². The summed E-state index contributed by atoms with van der Waals surface area (Å²) in [5, 5.41) is 0. The van der Waals surface area contributed by atoms with E-state index in [4.69, 9.17) is 17.1 Å². The van der Waals surface area contributed by atoms with E-state index in [1.165, 1.54) is 15.9 Å². The summed E-state index contributed by atoms with van der Waals surface area (Å²) in [5.41, 5.74) is 2.81. The van der Waals surface area contributed by atoms with Crippen LogP contribution in [0, 0.1) is 4.77 Å². The molecule has 0 N–H and O–H groups in total. The lowest BCUT2D eigenvalue weighted by atomic mass is 9.88. The molecule has 1 heterocycles. The number of hydrogen-bond acceptors (Lipinski definition) is 3. The van der Waals surface area contributed by atoms with E-state index in [9.17, 15) is 4.79 Å². The number of aryl methyl sites for hydroxylation is 1. The van der Waals surface area contributed by atoms with Crippen LogP contribution in [0.1, 0.15) is 36.9 Å². The molecule has 0 saturated heterocycles. The van der Waals surface area contributed by atoms with Gasteiger partial charge in [0.1, 0.15) is 0 Å². The Labute approximate surface area is 128 Å². The molecule has 0 amide bonds. The zero-order valence-electron chi connectivity index (χ0n) is 12.0. The van der Waals surface area contributed by atoms with Crippen LogP contribution in [0.4, 0.5) is 0 Å². The molecule has 1 unspecified atom stereocenters. The van der Waals surface area contributed by atoms with Gasteiger partial charge in [0.15, 0.2) is 0 Å². The van der Waals surface area contributed by atoms with Crippen molar-refractivity contribution in [3.8, 4) is 0 Å². The molecule has 0 spiro atoms. The SMILES string of the molecule is CCC(=O)On1ccn(C2CCc3ccccc3C2)c1=S. The summed E-state index contributed by atoms with van der Waals surface area (Å²) in [7, 11) is 0. The molecule has 0 radical (unpaired) electrons. The van der Waals surface area contributed by atoms with E-state index in [1.54, 1.807) is 13.1 Å². The summed E-state index contributed by atoms with van der Waals surface area (Å²) < 4.78 is 3.97. The molecule has 1 aromatic carbocycles. The number of hydrogen-bond donors (Lipinski definition) is 0. The molecule has 0 fully saturated rings. The van der Waals surface area contributed by atoms with E-state index in [0.717, 1.165) is 19.3 Å². The fourth-order valence-electron chi connectivity index (χ4n) is 2.81. The fourth-order valence-corrected chi connectivity index (χ4v) is 3.12. The van der Waals surface area contributed by atoms with Crippen LogP contribution in [-0.2, 0) is 17.6 Å². The van der Waals surface area contributed by atoms with Crippen LogP contribution in [-0.4, -0.2) is 15.3 Å². The first kappa shape index (κ1) is 14.1. The first-order valence-electron chi connectivity index (χ1n) is 7.26. The number of benzene rings is 1. The van der Waals surface area contributed by atoms with E-state index in [2.05, 4.69) is 24.3 Å². The number of imidazole rings is 1. The van der Waals surface area contributed by atoms with Crippen molar-refractivity contribution in [1.29, 1.82) is 0 Å². The van der Waals surface area contributed by atoms with Crippen molar-refractivity contribution in [2.45, 2.75) is 38.6 Å². The molecule has 1 atom stereocenters. The van der Waals surface area contributed by atoms with Crippen LogP contribution in [0.3, 0.4) is 0 Å². The van der Waals surface area contributed by atoms with Gasteiger partial charge in [-0.1, -0.05) is 31.2 Å². The quantitative estimate of drug-likeness (QED) is 0.817. The number of carbonyl (C=O) groups is 1. The highest BCUT2D eigenvalue weighted by Gasteiger charge is 2.21. The zero-order chi connectivity index (χ0) is 14.8. The van der Waals surface area contributed by atoms with Crippen molar-refractivity contribution < 1.29 is 9.63 Å². The van der Waals surface area contributed by atoms with E-state index >= 15 is 0 Å². The lowest BCUT2D eigenvalue weighted by Crippen LogP contribution is -2.21. The Bertz CT molecular complexity index is 717. The third-order valence-corrected chi connectivity index (χ3v) is 4.37. The summed E-state index contributed by atoms with van der Waals surface area (Å²) in [4.78, 5) is 16.6. The van der Waals surface area contributed by atoms with E-state index in [0.29, 0.717) is 17.2 Å². The summed E-state index contributed by atoms with van der Waals surface area (Å²) in [6.07, 6.45) is 7.04. The average Bonchev–Trinajstić information content (AvgIpc) is 2.87. The normalized spacial score (nSPS) is 17.3. The number of nitrogens with zero attached hydrogens (tertiary/aromatic N) is 2. The lowest BCUT2D eigenvalue weighted by molar-refractivity contribution is -0.144. The minimum atomic E-state index is -0.280. The molecule has 1 aliphatic carbocycles. The van der Waals surface area contributed by atoms with Gasteiger partial charge in [0.2, 0.25) is 4.77 Å². The van der Waals surface area contributed by atoms with Crippen molar-refractivity contribution in [2.24, 2.45) is 0 Å². The van der Waals surface area contributed by atoms with Crippen molar-refractivity contribution in [2.75, 3.05) is 0 Å². The molecule has 1 aliphatic rings. The predicted molar refractivity (Wildman–Crippen MR) is 82.6 cm³/mol. The van der Waals surface area contributed by atoms with Gasteiger partial charge in [-0.05, 0) is 42.6 Å². The highest BCUT2D eigenvalue weighted by molar-refractivity contribution is 7.71. The second-order valence-electron chi connectivity index (χ2n) is 5.30. The van der Waals surface area contributed by atoms with Crippen LogP contribution < -0.4 is 4.84 Å². The van der Waals surface area contributed by atoms with E-state index < -0.39 is 0 Å². The van der Waals surface area contributed by atoms with Crippen LogP contribution in [0.5, 0.6) is 0 Å². The minimum absolute atomic E-state index is 0.280. The van der Waals surface area contributed by atoms with Crippen LogP contribution in [0.15, 0.2) is 36.7 Å². The second kappa shape index (κ2) is 5.85. The Hall–Kier alpha value is -1.88. The molecule has 0 saturated carbocycles. The highest BCUT2D eigenvalue weighted by Crippen LogP contribution is 2.29. The first-order valence-corrected chi connectivity index (χ1v) is 7.67. The number of rotatable bonds is 3. The minimum Gasteiger partial charge on any atom is -0.334 e. The fraction of sp³-hybridized carbons (Fsp3) is 0.375. The summed E-state index contributed by atoms with van der Waals surface area (Å²) >= 11 is 5.42. The smallest absolute Gasteiger partial charge is 0.332 e. The standard InChI is InChI=1S/C16H18N2O2S/c1-2-15(19)20-18-10-9-17(16(18)21)14-8-7-12-5-3-4-6-13(12)11-14/h3-6,9-10,14H,2,7-8,11H2,1H3. The van der Waals surface area contributed by atoms with Crippen molar-refractivity contribution in [1.82, 2.24) is 9.30 Å². The highest BCUT2D eigenvalue weighted by atomic mass is 32.1. The van der Waals surface area contributed by atoms with Gasteiger partial charge in [0.25, 0.3) is 0 Å². The molecular weight excluding hydrogens is 284 g/mol. The second-order valence-corrected chi connectivity index (χ2v) is 5.66. The average molecular weight is 302 g/mol. The van der Waals surface area contributed by atoms with E-state index in [1.807, 2.05) is 10.8 Å². The molecule has 4 nitrogen and oxygen atoms in total. The molecule has 21 heavy (non-hydrogen) atoms. The molecule has 0 bridgehead atoms. The van der Waals surface area contributed by atoms with Crippen LogP contribution in [0.2, 0.25) is 0 Å². The summed E-state index contributed by atoms with van der Waals surface area (Å²) in [5.74, 6) is -0.280. The maximum Gasteiger partial charge on any atom is 0.332 e. The molecular formula is C16H18N2O2S. The number of carbonyl (C=O) groups excluding carboxylic acids is 1. The Kier molecular flexibility index (Phi) is 3.92. The maximum atomic E-state index is 11.4. The van der Waals surface area contributed by atoms with E-state index in [-0.39, 0.29) is 5.97 Å². The summed E-state index contributed by atoms with van der Waals surface area (Å²) in [6, 6.07) is 8.87. The van der Waals surface area contributed by atoms with Crippen molar-refractivity contribution in [3.05, 3.63) is 52.6 Å². The third-order valence-electron chi connectivity index (χ3n) is 3.98. The van der Waals surface area contributed by atoms with Gasteiger partial charge < -0.3 is 9.40 Å². The zero-order valence-corrected chi connectivity index (χ0v) is 12.8. The van der Waals surface area contributed by atoms with Crippen LogP contribution >= 0.6 is 12.2 Å². The Morgan fingerprint density at radius 1 is 1.33 bits per heavy atom. The predicted octanol–water partition coefficient (Wildman–Crippen LogP) is 3.11. The number of fused-ring (bicyclic) bond motifs is 1. The van der Waals surface area contributed by atoms with Gasteiger partial charge in [-0.3, -0.25) is 0 Å². The molecule has 0 aliphatic heterocycles. The van der Waals surface area contributed by atoms with Crippen molar-refractivity contribution >= 4 is 18.2 Å². The van der Waals surface area contributed by atoms with Crippen LogP contribution in [0.25, 0.3) is 0 Å². The monoisotopic (exact) mass is 302 g/mol. The topological polar surface area (TPSA) is 36.2 Å². The molecule has 2 aromatic rings. The van der Waals surface area contributed by atoms with Gasteiger partial charge in [0.05, 0.1) is 6.20 Å². The Morgan fingerprint density at radius 3 is 2.86 bits per heavy atom. The van der Waals surface area contributed by atoms with Gasteiger partial charge in [-0.25, -0.2) is 4.79 Å². The van der Waals surface area contributed by atoms with Gasteiger partial charge >= 0.3 is 5.97 Å². The van der Waals surface area contributed by atoms with Gasteiger partial charge in [0, 0.05) is 18.7 Å². The molecule has 110 valence electrons. The van der Waals surface area contributed by atoms with Crippen molar-refractivity contribution in [3.63, 3.8) is 0 Å². The Balaban J connectivity index is 1.83.